The molecule has 0 spiro atoms. The molecule has 6 nitrogen and oxygen atoms in total. The Morgan fingerprint density at radius 1 is 1.11 bits per heavy atom. The summed E-state index contributed by atoms with van der Waals surface area (Å²) in [6, 6.07) is 15.3. The number of ether oxygens (including phenoxy) is 2. The molecule has 1 fully saturated rings. The maximum absolute atomic E-state index is 12.7. The second-order valence-corrected chi connectivity index (χ2v) is 7.33. The maximum atomic E-state index is 12.7. The average Bonchev–Trinajstić information content (AvgIpc) is 3.03. The van der Waals surface area contributed by atoms with Crippen LogP contribution in [-0.4, -0.2) is 41.7 Å². The van der Waals surface area contributed by atoms with Crippen molar-refractivity contribution in [2.45, 2.75) is 25.1 Å². The van der Waals surface area contributed by atoms with Gasteiger partial charge in [-0.25, -0.2) is 0 Å². The Labute approximate surface area is 169 Å². The fourth-order valence-corrected chi connectivity index (χ4v) is 3.84. The van der Waals surface area contributed by atoms with Gasteiger partial charge >= 0.3 is 0 Å². The lowest BCUT2D eigenvalue weighted by molar-refractivity contribution is -0.126. The molecule has 0 radical (unpaired) electrons. The maximum Gasteiger partial charge on any atom is 0.242 e. The van der Waals surface area contributed by atoms with E-state index in [4.69, 9.17) is 9.47 Å². The Bertz CT molecular complexity index is 881. The Kier molecular flexibility index (Phi) is 6.71. The molecular weight excluding hydrogens is 374 g/mol. The van der Waals surface area contributed by atoms with Crippen molar-refractivity contribution in [3.63, 3.8) is 0 Å². The lowest BCUT2D eigenvalue weighted by Gasteiger charge is -2.16. The Hall–Kier alpha value is -2.80. The first-order valence-electron chi connectivity index (χ1n) is 9.01. The number of methoxy groups -OCH3 is 2. The van der Waals surface area contributed by atoms with E-state index in [1.165, 1.54) is 11.8 Å². The predicted molar refractivity (Wildman–Crippen MR) is 113 cm³/mol. The van der Waals surface area contributed by atoms with Crippen LogP contribution < -0.4 is 9.47 Å². The van der Waals surface area contributed by atoms with Crippen LogP contribution in [0.2, 0.25) is 0 Å². The van der Waals surface area contributed by atoms with E-state index < -0.39 is 0 Å². The van der Waals surface area contributed by atoms with Crippen LogP contribution in [0.15, 0.2) is 58.7 Å². The van der Waals surface area contributed by atoms with Crippen LogP contribution in [0.25, 0.3) is 0 Å². The minimum absolute atomic E-state index is 0.0644. The molecule has 1 aliphatic rings. The van der Waals surface area contributed by atoms with Crippen molar-refractivity contribution >= 4 is 29.1 Å². The second kappa shape index (κ2) is 9.41. The van der Waals surface area contributed by atoms with Crippen molar-refractivity contribution < 1.29 is 14.3 Å². The number of carbonyl (C=O) groups is 1. The van der Waals surface area contributed by atoms with E-state index in [9.17, 15) is 4.79 Å². The quantitative estimate of drug-likeness (QED) is 0.524. The molecule has 0 aliphatic carbocycles. The highest BCUT2D eigenvalue weighted by Crippen LogP contribution is 2.31. The molecule has 0 aromatic heterocycles. The first-order chi connectivity index (χ1) is 13.7. The summed E-state index contributed by atoms with van der Waals surface area (Å²) in [7, 11) is 3.25. The largest absolute Gasteiger partial charge is 0.497 e. The Morgan fingerprint density at radius 2 is 1.86 bits per heavy atom. The first kappa shape index (κ1) is 19.9. The number of hydrogen-bond acceptors (Lipinski definition) is 6. The summed E-state index contributed by atoms with van der Waals surface area (Å²) < 4.78 is 10.5. The standard InChI is InChI=1S/C21H23N3O3S/c1-4-19-20(25)24(14-15-9-11-17(26-2)12-10-15)21(28-19)23-22-13-16-7-5-6-8-18(16)27-3/h5-13,19H,4,14H2,1-3H3. The molecule has 7 heteroatoms. The smallest absolute Gasteiger partial charge is 0.242 e. The third-order valence-electron chi connectivity index (χ3n) is 4.37. The van der Waals surface area contributed by atoms with Crippen LogP contribution >= 0.6 is 11.8 Å². The summed E-state index contributed by atoms with van der Waals surface area (Å²) >= 11 is 1.46. The van der Waals surface area contributed by atoms with E-state index in [-0.39, 0.29) is 11.2 Å². The van der Waals surface area contributed by atoms with Crippen LogP contribution in [0.3, 0.4) is 0 Å². The summed E-state index contributed by atoms with van der Waals surface area (Å²) in [5.74, 6) is 1.57. The van der Waals surface area contributed by atoms with Gasteiger partial charge in [-0.05, 0) is 36.2 Å². The summed E-state index contributed by atoms with van der Waals surface area (Å²) in [6.45, 7) is 2.46. The van der Waals surface area contributed by atoms with Crippen molar-refractivity contribution in [1.82, 2.24) is 4.90 Å². The first-order valence-corrected chi connectivity index (χ1v) is 9.89. The van der Waals surface area contributed by atoms with Crippen molar-refractivity contribution in [2.24, 2.45) is 10.2 Å². The summed E-state index contributed by atoms with van der Waals surface area (Å²) in [6.07, 6.45) is 2.39. The minimum Gasteiger partial charge on any atom is -0.497 e. The van der Waals surface area contributed by atoms with E-state index in [0.29, 0.717) is 11.7 Å². The molecule has 0 N–H and O–H groups in total. The van der Waals surface area contributed by atoms with Crippen LogP contribution in [0.1, 0.15) is 24.5 Å². The minimum atomic E-state index is -0.126. The molecule has 1 heterocycles. The van der Waals surface area contributed by atoms with E-state index in [0.717, 1.165) is 29.0 Å². The van der Waals surface area contributed by atoms with Crippen molar-refractivity contribution in [3.8, 4) is 11.5 Å². The van der Waals surface area contributed by atoms with E-state index >= 15 is 0 Å². The molecule has 146 valence electrons. The zero-order valence-corrected chi connectivity index (χ0v) is 17.0. The number of thioether (sulfide) groups is 1. The Balaban J connectivity index is 1.80. The second-order valence-electron chi connectivity index (χ2n) is 6.16. The molecule has 2 aromatic rings. The Morgan fingerprint density at radius 3 is 2.54 bits per heavy atom. The highest BCUT2D eigenvalue weighted by molar-refractivity contribution is 8.15. The summed E-state index contributed by atoms with van der Waals surface area (Å²) in [5.41, 5.74) is 1.84. The van der Waals surface area contributed by atoms with Gasteiger partial charge in [-0.1, -0.05) is 43.0 Å². The van der Waals surface area contributed by atoms with Crippen molar-refractivity contribution in [2.75, 3.05) is 14.2 Å². The highest BCUT2D eigenvalue weighted by atomic mass is 32.2. The van der Waals surface area contributed by atoms with Gasteiger partial charge in [0.2, 0.25) is 5.91 Å². The van der Waals surface area contributed by atoms with Crippen LogP contribution in [0.4, 0.5) is 0 Å². The zero-order valence-electron chi connectivity index (χ0n) is 16.2. The number of amides is 1. The van der Waals surface area contributed by atoms with Gasteiger partial charge in [-0.15, -0.1) is 5.10 Å². The van der Waals surface area contributed by atoms with Crippen LogP contribution in [-0.2, 0) is 11.3 Å². The number of nitrogens with zero attached hydrogens (tertiary/aromatic N) is 3. The third-order valence-corrected chi connectivity index (χ3v) is 5.70. The van der Waals surface area contributed by atoms with E-state index in [2.05, 4.69) is 10.2 Å². The molecule has 1 unspecified atom stereocenters. The molecule has 3 rings (SSSR count). The zero-order chi connectivity index (χ0) is 19.9. The molecule has 1 amide bonds. The van der Waals surface area contributed by atoms with Crippen molar-refractivity contribution in [3.05, 3.63) is 59.7 Å². The van der Waals surface area contributed by atoms with Crippen LogP contribution in [0.5, 0.6) is 11.5 Å². The monoisotopic (exact) mass is 397 g/mol. The SMILES string of the molecule is CCC1SC(=NN=Cc2ccccc2OC)N(Cc2ccc(OC)cc2)C1=O. The van der Waals surface area contributed by atoms with Crippen molar-refractivity contribution in [1.29, 1.82) is 0 Å². The predicted octanol–water partition coefficient (Wildman–Crippen LogP) is 3.95. The van der Waals surface area contributed by atoms with Gasteiger partial charge in [0.05, 0.1) is 32.2 Å². The molecule has 0 bridgehead atoms. The molecule has 1 aliphatic heterocycles. The highest BCUT2D eigenvalue weighted by Gasteiger charge is 2.36. The molecule has 28 heavy (non-hydrogen) atoms. The normalized spacial score (nSPS) is 18.2. The van der Waals surface area contributed by atoms with Gasteiger partial charge in [0.15, 0.2) is 5.17 Å². The lowest BCUT2D eigenvalue weighted by atomic mass is 10.2. The summed E-state index contributed by atoms with van der Waals surface area (Å²) in [5, 5.41) is 9.01. The molecular formula is C21H23N3O3S. The number of hydrogen-bond donors (Lipinski definition) is 0. The lowest BCUT2D eigenvalue weighted by Crippen LogP contribution is -2.31. The number of para-hydroxylation sites is 1. The summed E-state index contributed by atoms with van der Waals surface area (Å²) in [4.78, 5) is 14.4. The van der Waals surface area contributed by atoms with Gasteiger partial charge in [0.25, 0.3) is 0 Å². The van der Waals surface area contributed by atoms with Gasteiger partial charge < -0.3 is 9.47 Å². The fraction of sp³-hybridized carbons (Fsp3) is 0.286. The van der Waals surface area contributed by atoms with Gasteiger partial charge in [-0.2, -0.15) is 5.10 Å². The average molecular weight is 398 g/mol. The van der Waals surface area contributed by atoms with Crippen LogP contribution in [0, 0.1) is 0 Å². The molecule has 1 atom stereocenters. The topological polar surface area (TPSA) is 63.5 Å². The van der Waals surface area contributed by atoms with Gasteiger partial charge in [-0.3, -0.25) is 9.69 Å². The van der Waals surface area contributed by atoms with Gasteiger partial charge in [0.1, 0.15) is 11.5 Å². The molecule has 2 aromatic carbocycles. The number of amidine groups is 1. The number of benzene rings is 2. The molecule has 1 saturated heterocycles. The van der Waals surface area contributed by atoms with E-state index in [1.807, 2.05) is 55.5 Å². The molecule has 0 saturated carbocycles. The number of rotatable bonds is 7. The van der Waals surface area contributed by atoms with Gasteiger partial charge in [0, 0.05) is 5.56 Å². The number of carbonyl (C=O) groups excluding carboxylic acids is 1. The van der Waals surface area contributed by atoms with E-state index in [1.54, 1.807) is 25.3 Å². The third kappa shape index (κ3) is 4.54. The fourth-order valence-electron chi connectivity index (χ4n) is 2.82.